The summed E-state index contributed by atoms with van der Waals surface area (Å²) in [6.07, 6.45) is 0. The molecule has 0 aliphatic rings. The molecule has 100 valence electrons. The molecule has 0 radical (unpaired) electrons. The van der Waals surface area contributed by atoms with Crippen molar-refractivity contribution < 1.29 is 18.3 Å². The van der Waals surface area contributed by atoms with Crippen LogP contribution >= 0.6 is 0 Å². The molecule has 0 aromatic heterocycles. The molecule has 1 rings (SSSR count). The van der Waals surface area contributed by atoms with Gasteiger partial charge in [0.25, 0.3) is 0 Å². The molecule has 1 amide bonds. The highest BCUT2D eigenvalue weighted by Crippen LogP contribution is 2.15. The average Bonchev–Trinajstić information content (AvgIpc) is 2.31. The molecular weight excluding hydrogens is 242 g/mol. The van der Waals surface area contributed by atoms with E-state index in [0.29, 0.717) is 6.61 Å². The molecule has 1 aromatic rings. The second-order valence-electron chi connectivity index (χ2n) is 3.88. The quantitative estimate of drug-likeness (QED) is 0.813. The Morgan fingerprint density at radius 1 is 1.44 bits per heavy atom. The number of anilines is 1. The molecule has 0 fully saturated rings. The zero-order valence-electron chi connectivity index (χ0n) is 10.3. The van der Waals surface area contributed by atoms with E-state index in [1.807, 2.05) is 0 Å². The highest BCUT2D eigenvalue weighted by molar-refractivity contribution is 5.80. The molecule has 2 N–H and O–H groups in total. The van der Waals surface area contributed by atoms with Gasteiger partial charge in [-0.1, -0.05) is 6.07 Å². The predicted octanol–water partition coefficient (Wildman–Crippen LogP) is 1.53. The lowest BCUT2D eigenvalue weighted by Crippen LogP contribution is -2.39. The molecule has 0 saturated carbocycles. The van der Waals surface area contributed by atoms with E-state index >= 15 is 0 Å². The van der Waals surface area contributed by atoms with Crippen molar-refractivity contribution in [2.24, 2.45) is 0 Å². The van der Waals surface area contributed by atoms with E-state index in [2.05, 4.69) is 10.6 Å². The number of benzene rings is 1. The highest BCUT2D eigenvalue weighted by Gasteiger charge is 2.10. The molecule has 0 heterocycles. The van der Waals surface area contributed by atoms with Crippen LogP contribution in [0.4, 0.5) is 14.5 Å². The normalized spacial score (nSPS) is 12.0. The number of carbonyl (C=O) groups excluding carboxylic acids is 1. The molecule has 6 heteroatoms. The Morgan fingerprint density at radius 2 is 2.17 bits per heavy atom. The fourth-order valence-electron chi connectivity index (χ4n) is 1.43. The van der Waals surface area contributed by atoms with Gasteiger partial charge < -0.3 is 15.4 Å². The Labute approximate surface area is 104 Å². The van der Waals surface area contributed by atoms with E-state index in [9.17, 15) is 13.6 Å². The monoisotopic (exact) mass is 258 g/mol. The van der Waals surface area contributed by atoms with Crippen LogP contribution in [-0.2, 0) is 9.53 Å². The van der Waals surface area contributed by atoms with Crippen LogP contribution in [0.25, 0.3) is 0 Å². The zero-order chi connectivity index (χ0) is 13.5. The van der Waals surface area contributed by atoms with Gasteiger partial charge in [0, 0.05) is 13.2 Å². The third-order valence-electron chi connectivity index (χ3n) is 2.22. The molecule has 1 aromatic carbocycles. The summed E-state index contributed by atoms with van der Waals surface area (Å²) in [5, 5.41) is 5.18. The summed E-state index contributed by atoms with van der Waals surface area (Å²) in [6.45, 7) is 2.04. The number of nitrogens with one attached hydrogen (secondary N) is 2. The number of methoxy groups -OCH3 is 1. The van der Waals surface area contributed by atoms with Crippen molar-refractivity contribution in [2.75, 3.05) is 25.6 Å². The molecule has 0 bridgehead atoms. The van der Waals surface area contributed by atoms with Crippen molar-refractivity contribution in [2.45, 2.75) is 13.0 Å². The van der Waals surface area contributed by atoms with Gasteiger partial charge in [-0.2, -0.15) is 0 Å². The molecule has 0 spiro atoms. The van der Waals surface area contributed by atoms with E-state index in [4.69, 9.17) is 4.74 Å². The Balaban J connectivity index is 2.45. The molecule has 1 atom stereocenters. The Kier molecular flexibility index (Phi) is 5.51. The predicted molar refractivity (Wildman–Crippen MR) is 64.3 cm³/mol. The van der Waals surface area contributed by atoms with Gasteiger partial charge in [0.05, 0.1) is 18.8 Å². The van der Waals surface area contributed by atoms with Crippen LogP contribution in [0.3, 0.4) is 0 Å². The molecule has 18 heavy (non-hydrogen) atoms. The Bertz CT molecular complexity index is 413. The standard InChI is InChI=1S/C12H16F2N2O2/c1-8(7-18-2)16-11(17)6-15-10-5-3-4-9(13)12(10)14/h3-5,8,15H,6-7H2,1-2H3,(H,16,17). The Morgan fingerprint density at radius 3 is 2.83 bits per heavy atom. The Hall–Kier alpha value is -1.69. The summed E-state index contributed by atoms with van der Waals surface area (Å²) in [7, 11) is 1.53. The summed E-state index contributed by atoms with van der Waals surface area (Å²) < 4.78 is 31.0. The fraction of sp³-hybridized carbons (Fsp3) is 0.417. The highest BCUT2D eigenvalue weighted by atomic mass is 19.2. The number of carbonyl (C=O) groups is 1. The van der Waals surface area contributed by atoms with Gasteiger partial charge in [0.15, 0.2) is 11.6 Å². The van der Waals surface area contributed by atoms with E-state index in [1.165, 1.54) is 19.2 Å². The second-order valence-corrected chi connectivity index (χ2v) is 3.88. The molecular formula is C12H16F2N2O2. The maximum atomic E-state index is 13.2. The summed E-state index contributed by atoms with van der Waals surface area (Å²) in [6, 6.07) is 3.61. The van der Waals surface area contributed by atoms with Crippen LogP contribution in [-0.4, -0.2) is 32.2 Å². The minimum Gasteiger partial charge on any atom is -0.383 e. The molecule has 4 nitrogen and oxygen atoms in total. The number of amides is 1. The number of ether oxygens (including phenoxy) is 1. The van der Waals surface area contributed by atoms with Crippen LogP contribution in [0, 0.1) is 11.6 Å². The second kappa shape index (κ2) is 6.90. The van der Waals surface area contributed by atoms with Gasteiger partial charge in [-0.05, 0) is 19.1 Å². The van der Waals surface area contributed by atoms with Crippen molar-refractivity contribution in [1.29, 1.82) is 0 Å². The summed E-state index contributed by atoms with van der Waals surface area (Å²) in [5.41, 5.74) is -0.0375. The van der Waals surface area contributed by atoms with Crippen molar-refractivity contribution in [3.8, 4) is 0 Å². The topological polar surface area (TPSA) is 50.4 Å². The van der Waals surface area contributed by atoms with Gasteiger partial charge in [0.1, 0.15) is 0 Å². The van der Waals surface area contributed by atoms with Crippen LogP contribution in [0.15, 0.2) is 18.2 Å². The van der Waals surface area contributed by atoms with Crippen molar-refractivity contribution >= 4 is 11.6 Å². The van der Waals surface area contributed by atoms with Crippen LogP contribution < -0.4 is 10.6 Å². The maximum Gasteiger partial charge on any atom is 0.239 e. The van der Waals surface area contributed by atoms with Crippen LogP contribution in [0.1, 0.15) is 6.92 Å². The van der Waals surface area contributed by atoms with E-state index in [1.54, 1.807) is 6.92 Å². The molecule has 0 saturated heterocycles. The lowest BCUT2D eigenvalue weighted by atomic mass is 10.3. The third-order valence-corrected chi connectivity index (χ3v) is 2.22. The van der Waals surface area contributed by atoms with Crippen molar-refractivity contribution in [3.05, 3.63) is 29.8 Å². The van der Waals surface area contributed by atoms with Crippen LogP contribution in [0.2, 0.25) is 0 Å². The maximum absolute atomic E-state index is 13.2. The average molecular weight is 258 g/mol. The fourth-order valence-corrected chi connectivity index (χ4v) is 1.43. The van der Waals surface area contributed by atoms with Gasteiger partial charge >= 0.3 is 0 Å². The summed E-state index contributed by atoms with van der Waals surface area (Å²) in [4.78, 5) is 11.5. The summed E-state index contributed by atoms with van der Waals surface area (Å²) >= 11 is 0. The van der Waals surface area contributed by atoms with Crippen molar-refractivity contribution in [3.63, 3.8) is 0 Å². The third kappa shape index (κ3) is 4.29. The first kappa shape index (κ1) is 14.4. The number of halogens is 2. The van der Waals surface area contributed by atoms with Gasteiger partial charge in [-0.25, -0.2) is 8.78 Å². The minimum atomic E-state index is -0.991. The number of rotatable bonds is 6. The molecule has 1 unspecified atom stereocenters. The van der Waals surface area contributed by atoms with Crippen LogP contribution in [0.5, 0.6) is 0 Å². The minimum absolute atomic E-state index is 0.0375. The van der Waals surface area contributed by atoms with E-state index in [0.717, 1.165) is 6.07 Å². The first-order valence-electron chi connectivity index (χ1n) is 5.50. The number of hydrogen-bond acceptors (Lipinski definition) is 3. The van der Waals surface area contributed by atoms with Gasteiger partial charge in [-0.15, -0.1) is 0 Å². The van der Waals surface area contributed by atoms with Gasteiger partial charge in [0.2, 0.25) is 5.91 Å². The largest absolute Gasteiger partial charge is 0.383 e. The lowest BCUT2D eigenvalue weighted by Gasteiger charge is -2.13. The smallest absolute Gasteiger partial charge is 0.239 e. The number of hydrogen-bond donors (Lipinski definition) is 2. The molecule has 0 aliphatic carbocycles. The van der Waals surface area contributed by atoms with E-state index < -0.39 is 11.6 Å². The van der Waals surface area contributed by atoms with Crippen molar-refractivity contribution in [1.82, 2.24) is 5.32 Å². The first-order chi connectivity index (χ1) is 8.54. The lowest BCUT2D eigenvalue weighted by molar-refractivity contribution is -0.120. The first-order valence-corrected chi connectivity index (χ1v) is 5.50. The van der Waals surface area contributed by atoms with Gasteiger partial charge in [-0.3, -0.25) is 4.79 Å². The molecule has 0 aliphatic heterocycles. The SMILES string of the molecule is COCC(C)NC(=O)CNc1cccc(F)c1F. The van der Waals surface area contributed by atoms with E-state index in [-0.39, 0.29) is 24.2 Å². The zero-order valence-corrected chi connectivity index (χ0v) is 10.3. The summed E-state index contributed by atoms with van der Waals surface area (Å²) in [5.74, 6) is -2.26.